The quantitative estimate of drug-likeness (QED) is 0.787. The number of aliphatic hydroxyl groups is 1. The molecule has 0 saturated heterocycles. The van der Waals surface area contributed by atoms with Crippen LogP contribution >= 0.6 is 0 Å². The van der Waals surface area contributed by atoms with Crippen molar-refractivity contribution in [2.45, 2.75) is 50.8 Å². The third-order valence-electron chi connectivity index (χ3n) is 4.30. The molecule has 0 aliphatic heterocycles. The molecule has 1 N–H and O–H groups in total. The minimum absolute atomic E-state index is 0.0348. The topological polar surface area (TPSA) is 20.2 Å². The van der Waals surface area contributed by atoms with Crippen LogP contribution in [-0.2, 0) is 11.8 Å². The van der Waals surface area contributed by atoms with Crippen LogP contribution in [0.3, 0.4) is 0 Å². The average Bonchev–Trinajstić information content (AvgIpc) is 2.37. The maximum absolute atomic E-state index is 13.7. The van der Waals surface area contributed by atoms with Gasteiger partial charge < -0.3 is 5.11 Å². The monoisotopic (exact) mass is 290 g/mol. The summed E-state index contributed by atoms with van der Waals surface area (Å²) in [6.07, 6.45) is -0.910. The number of rotatable bonds is 2. The number of alkyl halides is 3. The highest BCUT2D eigenvalue weighted by molar-refractivity contribution is 5.31. The van der Waals surface area contributed by atoms with Gasteiger partial charge in [0, 0.05) is 0 Å². The van der Waals surface area contributed by atoms with E-state index in [1.807, 2.05) is 6.92 Å². The van der Waals surface area contributed by atoms with E-state index in [0.29, 0.717) is 6.42 Å². The predicted molar refractivity (Wildman–Crippen MR) is 67.5 cm³/mol. The summed E-state index contributed by atoms with van der Waals surface area (Å²) in [6, 6.07) is 2.78. The summed E-state index contributed by atoms with van der Waals surface area (Å²) in [4.78, 5) is 0. The van der Waals surface area contributed by atoms with E-state index >= 15 is 0 Å². The molecule has 1 aromatic carbocycles. The van der Waals surface area contributed by atoms with Gasteiger partial charge in [-0.3, -0.25) is 0 Å². The molecule has 112 valence electrons. The molecular formula is C15H18F4O. The van der Waals surface area contributed by atoms with E-state index < -0.39 is 23.2 Å². The lowest BCUT2D eigenvalue weighted by molar-refractivity contribution is -0.140. The van der Waals surface area contributed by atoms with Gasteiger partial charge in [0.1, 0.15) is 5.82 Å². The molecule has 0 radical (unpaired) electrons. The Morgan fingerprint density at radius 3 is 2.55 bits per heavy atom. The fourth-order valence-electron chi connectivity index (χ4n) is 3.16. The Hall–Kier alpha value is -1.10. The molecule has 1 saturated carbocycles. The number of hydrogen-bond donors (Lipinski definition) is 1. The van der Waals surface area contributed by atoms with Crippen molar-refractivity contribution in [1.82, 2.24) is 0 Å². The van der Waals surface area contributed by atoms with Crippen LogP contribution in [-0.4, -0.2) is 5.11 Å². The summed E-state index contributed by atoms with van der Waals surface area (Å²) in [5.41, 5.74) is -2.24. The highest BCUT2D eigenvalue weighted by atomic mass is 19.4. The average molecular weight is 290 g/mol. The molecule has 2 rings (SSSR count). The van der Waals surface area contributed by atoms with E-state index in [2.05, 4.69) is 0 Å². The van der Waals surface area contributed by atoms with Crippen LogP contribution in [0.1, 0.15) is 50.2 Å². The summed E-state index contributed by atoms with van der Waals surface area (Å²) >= 11 is 0. The van der Waals surface area contributed by atoms with Crippen molar-refractivity contribution < 1.29 is 22.7 Å². The van der Waals surface area contributed by atoms with Gasteiger partial charge in [-0.15, -0.1) is 0 Å². The smallest absolute Gasteiger partial charge is 0.385 e. The zero-order chi connectivity index (χ0) is 15.0. The Morgan fingerprint density at radius 2 is 2.00 bits per heavy atom. The summed E-state index contributed by atoms with van der Waals surface area (Å²) in [5.74, 6) is -1.35. The van der Waals surface area contributed by atoms with Crippen LogP contribution in [0.4, 0.5) is 17.6 Å². The Kier molecular flexibility index (Phi) is 4.09. The number of hydrogen-bond acceptors (Lipinski definition) is 1. The first-order valence-corrected chi connectivity index (χ1v) is 6.88. The van der Waals surface area contributed by atoms with Crippen molar-refractivity contribution in [3.8, 4) is 0 Å². The van der Waals surface area contributed by atoms with Gasteiger partial charge >= 0.3 is 6.18 Å². The first kappa shape index (κ1) is 15.3. The Morgan fingerprint density at radius 1 is 1.30 bits per heavy atom. The van der Waals surface area contributed by atoms with Crippen molar-refractivity contribution in [2.24, 2.45) is 5.92 Å². The van der Waals surface area contributed by atoms with Gasteiger partial charge in [-0.05, 0) is 36.5 Å². The maximum Gasteiger partial charge on any atom is 0.419 e. The lowest BCUT2D eigenvalue weighted by Gasteiger charge is -2.40. The van der Waals surface area contributed by atoms with Gasteiger partial charge in [-0.2, -0.15) is 13.2 Å². The van der Waals surface area contributed by atoms with Gasteiger partial charge in [-0.1, -0.05) is 32.3 Å². The van der Waals surface area contributed by atoms with E-state index in [1.54, 1.807) is 0 Å². The summed E-state index contributed by atoms with van der Waals surface area (Å²) in [7, 11) is 0. The van der Waals surface area contributed by atoms with Crippen LogP contribution in [0.5, 0.6) is 0 Å². The SMILES string of the molecule is CCC1CCCCC1(O)c1ccc(C(F)(F)F)c(F)c1. The summed E-state index contributed by atoms with van der Waals surface area (Å²) in [6.45, 7) is 1.93. The van der Waals surface area contributed by atoms with E-state index in [4.69, 9.17) is 0 Å². The summed E-state index contributed by atoms with van der Waals surface area (Å²) in [5, 5.41) is 10.8. The van der Waals surface area contributed by atoms with Gasteiger partial charge in [0.15, 0.2) is 0 Å². The second-order valence-electron chi connectivity index (χ2n) is 5.47. The molecule has 1 nitrogen and oxygen atoms in total. The molecule has 1 aliphatic rings. The number of halogens is 4. The molecule has 0 spiro atoms. The fourth-order valence-corrected chi connectivity index (χ4v) is 3.16. The molecule has 5 heteroatoms. The first-order chi connectivity index (χ1) is 9.29. The molecule has 2 atom stereocenters. The van der Waals surface area contributed by atoms with Gasteiger partial charge in [0.05, 0.1) is 11.2 Å². The van der Waals surface area contributed by atoms with Crippen LogP contribution < -0.4 is 0 Å². The molecule has 0 bridgehead atoms. The highest BCUT2D eigenvalue weighted by Crippen LogP contribution is 2.44. The van der Waals surface area contributed by atoms with Gasteiger partial charge in [0.25, 0.3) is 0 Å². The number of benzene rings is 1. The molecule has 2 unspecified atom stereocenters. The second-order valence-corrected chi connectivity index (χ2v) is 5.47. The van der Waals surface area contributed by atoms with Crippen LogP contribution in [0.25, 0.3) is 0 Å². The van der Waals surface area contributed by atoms with E-state index in [1.165, 1.54) is 6.07 Å². The predicted octanol–water partition coefficient (Wildman–Crippen LogP) is 4.63. The van der Waals surface area contributed by atoms with E-state index in [0.717, 1.165) is 37.8 Å². The Bertz CT molecular complexity index is 483. The van der Waals surface area contributed by atoms with Crippen LogP contribution in [0.15, 0.2) is 18.2 Å². The van der Waals surface area contributed by atoms with Crippen molar-refractivity contribution in [3.63, 3.8) is 0 Å². The Balaban J connectivity index is 2.40. The second kappa shape index (κ2) is 5.35. The summed E-state index contributed by atoms with van der Waals surface area (Å²) < 4.78 is 51.3. The molecular weight excluding hydrogens is 272 g/mol. The molecule has 20 heavy (non-hydrogen) atoms. The largest absolute Gasteiger partial charge is 0.419 e. The van der Waals surface area contributed by atoms with Crippen molar-refractivity contribution >= 4 is 0 Å². The van der Waals surface area contributed by atoms with Crippen molar-refractivity contribution in [1.29, 1.82) is 0 Å². The van der Waals surface area contributed by atoms with E-state index in [-0.39, 0.29) is 11.5 Å². The molecule has 0 amide bonds. The normalized spacial score (nSPS) is 27.6. The lowest BCUT2D eigenvalue weighted by Crippen LogP contribution is -2.37. The zero-order valence-electron chi connectivity index (χ0n) is 11.3. The fraction of sp³-hybridized carbons (Fsp3) is 0.600. The van der Waals surface area contributed by atoms with Gasteiger partial charge in [0.2, 0.25) is 0 Å². The Labute approximate surface area is 115 Å². The van der Waals surface area contributed by atoms with Crippen molar-refractivity contribution in [3.05, 3.63) is 35.1 Å². The van der Waals surface area contributed by atoms with Crippen LogP contribution in [0, 0.1) is 11.7 Å². The maximum atomic E-state index is 13.7. The molecule has 1 aliphatic carbocycles. The van der Waals surface area contributed by atoms with Crippen molar-refractivity contribution in [2.75, 3.05) is 0 Å². The van der Waals surface area contributed by atoms with Gasteiger partial charge in [-0.25, -0.2) is 4.39 Å². The van der Waals surface area contributed by atoms with Crippen LogP contribution in [0.2, 0.25) is 0 Å². The minimum Gasteiger partial charge on any atom is -0.385 e. The molecule has 0 heterocycles. The zero-order valence-corrected chi connectivity index (χ0v) is 11.3. The molecule has 0 aromatic heterocycles. The first-order valence-electron chi connectivity index (χ1n) is 6.88. The lowest BCUT2D eigenvalue weighted by atomic mass is 9.70. The standard InChI is InChI=1S/C15H18F4O/c1-2-10-5-3-4-8-14(10,20)11-6-7-12(13(16)9-11)15(17,18)19/h6-7,9-10,20H,2-5,8H2,1H3. The molecule has 1 fully saturated rings. The third-order valence-corrected chi connectivity index (χ3v) is 4.30. The minimum atomic E-state index is -4.71. The third kappa shape index (κ3) is 2.68. The highest BCUT2D eigenvalue weighted by Gasteiger charge is 2.41. The van der Waals surface area contributed by atoms with E-state index in [9.17, 15) is 22.7 Å². The molecule has 1 aromatic rings.